The van der Waals surface area contributed by atoms with Gasteiger partial charge in [0, 0.05) is 61.0 Å². The van der Waals surface area contributed by atoms with Gasteiger partial charge in [0.25, 0.3) is 0 Å². The van der Waals surface area contributed by atoms with Crippen molar-refractivity contribution < 1.29 is 0 Å². The third-order valence-electron chi connectivity index (χ3n) is 13.0. The Bertz CT molecular complexity index is 3510. The van der Waals surface area contributed by atoms with Crippen LogP contribution in [0.3, 0.4) is 0 Å². The molecule has 0 radical (unpaired) electrons. The predicted molar refractivity (Wildman–Crippen MR) is 304 cm³/mol. The van der Waals surface area contributed by atoms with Gasteiger partial charge in [-0.25, -0.2) is 9.97 Å². The van der Waals surface area contributed by atoms with Crippen molar-refractivity contribution in [1.29, 1.82) is 0 Å². The van der Waals surface area contributed by atoms with Gasteiger partial charge >= 0.3 is 0 Å². The van der Waals surface area contributed by atoms with Gasteiger partial charge in [-0.2, -0.15) is 0 Å². The zero-order chi connectivity index (χ0) is 49.3. The Morgan fingerprint density at radius 3 is 0.870 bits per heavy atom. The number of aromatic nitrogens is 4. The van der Waals surface area contributed by atoms with E-state index in [1.807, 2.05) is 0 Å². The normalized spacial score (nSPS) is 12.2. The first-order valence-electron chi connectivity index (χ1n) is 24.2. The smallest absolute Gasteiger partial charge is 0.129 e. The lowest BCUT2D eigenvalue weighted by Gasteiger charge is -2.15. The molecule has 7 aromatic rings. The molecule has 5 heterocycles. The summed E-state index contributed by atoms with van der Waals surface area (Å²) in [4.78, 5) is 19.5. The number of hydrogen-bond donors (Lipinski definition) is 2. The molecule has 0 saturated carbocycles. The molecule has 2 aliphatic heterocycles. The largest absolute Gasteiger partial charge is 0.354 e. The number of nitrogens with zero attached hydrogens (tertiary/aromatic N) is 2. The van der Waals surface area contributed by atoms with E-state index in [2.05, 4.69) is 238 Å². The summed E-state index contributed by atoms with van der Waals surface area (Å²) in [6.07, 6.45) is 8.82. The van der Waals surface area contributed by atoms with Crippen molar-refractivity contribution in [1.82, 2.24) is 19.9 Å². The van der Waals surface area contributed by atoms with Crippen LogP contribution in [-0.4, -0.2) is 36.1 Å². The van der Waals surface area contributed by atoms with E-state index in [0.717, 1.165) is 83.8 Å². The maximum Gasteiger partial charge on any atom is 0.129 e. The number of benzene rings is 4. The number of H-pyrrole nitrogens is 2. The first-order chi connectivity index (χ1) is 32.6. The fourth-order valence-electron chi connectivity index (χ4n) is 10.5. The quantitative estimate of drug-likeness (QED) is 0.136. The summed E-state index contributed by atoms with van der Waals surface area (Å²) in [6, 6.07) is 29.1. The second-order valence-corrected chi connectivity index (χ2v) is 31.1. The molecule has 0 saturated heterocycles. The monoisotopic (exact) mass is 932 g/mol. The lowest BCUT2D eigenvalue weighted by atomic mass is 9.92. The van der Waals surface area contributed by atoms with Crippen molar-refractivity contribution in [2.24, 2.45) is 0 Å². The molecule has 0 aliphatic carbocycles. The molecule has 0 fully saturated rings. The molecule has 6 heteroatoms. The van der Waals surface area contributed by atoms with E-state index in [-0.39, 0.29) is 0 Å². The lowest BCUT2D eigenvalue weighted by Crippen LogP contribution is -2.16. The van der Waals surface area contributed by atoms with Gasteiger partial charge in [-0.1, -0.05) is 110 Å². The first kappa shape index (κ1) is 47.1. The van der Waals surface area contributed by atoms with Gasteiger partial charge in [0.1, 0.15) is 16.1 Å². The summed E-state index contributed by atoms with van der Waals surface area (Å²) in [5.41, 5.74) is 36.5. The average Bonchev–Trinajstić information content (AvgIpc) is 4.09. The summed E-state index contributed by atoms with van der Waals surface area (Å²) in [5.74, 6) is 7.43. The van der Waals surface area contributed by atoms with E-state index < -0.39 is 16.1 Å². The summed E-state index contributed by atoms with van der Waals surface area (Å²) < 4.78 is 0. The summed E-state index contributed by atoms with van der Waals surface area (Å²) in [5, 5.41) is 0. The maximum absolute atomic E-state index is 5.75. The van der Waals surface area contributed by atoms with Gasteiger partial charge in [-0.15, -0.1) is 11.1 Å². The summed E-state index contributed by atoms with van der Waals surface area (Å²) in [7, 11) is -3.58. The number of fused-ring (bicyclic) bond motifs is 8. The molecule has 0 unspecified atom stereocenters. The van der Waals surface area contributed by atoms with Crippen molar-refractivity contribution in [3.8, 4) is 67.4 Å². The van der Waals surface area contributed by atoms with Crippen LogP contribution in [0.1, 0.15) is 84.0 Å². The highest BCUT2D eigenvalue weighted by molar-refractivity contribution is 6.84. The van der Waals surface area contributed by atoms with Gasteiger partial charge in [-0.05, 0) is 173 Å². The Labute approximate surface area is 412 Å². The van der Waals surface area contributed by atoms with E-state index >= 15 is 0 Å². The molecular formula is C63H64N4Si2. The van der Waals surface area contributed by atoms with Crippen LogP contribution < -0.4 is 0 Å². The lowest BCUT2D eigenvalue weighted by molar-refractivity contribution is 1.27. The van der Waals surface area contributed by atoms with Gasteiger partial charge < -0.3 is 9.97 Å². The van der Waals surface area contributed by atoms with Crippen molar-refractivity contribution >= 4 is 62.5 Å². The van der Waals surface area contributed by atoms with E-state index in [9.17, 15) is 0 Å². The Hall–Kier alpha value is -6.97. The van der Waals surface area contributed by atoms with Crippen LogP contribution in [0.25, 0.3) is 90.9 Å². The van der Waals surface area contributed by atoms with E-state index in [4.69, 9.17) is 9.97 Å². The highest BCUT2D eigenvalue weighted by Gasteiger charge is 2.24. The molecule has 3 aromatic heterocycles. The van der Waals surface area contributed by atoms with Crippen LogP contribution in [0.4, 0.5) is 0 Å². The molecule has 8 bridgehead atoms. The minimum atomic E-state index is -1.79. The molecule has 9 rings (SSSR count). The number of aromatic amines is 2. The van der Waals surface area contributed by atoms with Crippen molar-refractivity contribution in [3.05, 3.63) is 163 Å². The van der Waals surface area contributed by atoms with Crippen molar-refractivity contribution in [2.75, 3.05) is 0 Å². The van der Waals surface area contributed by atoms with E-state index in [1.165, 1.54) is 66.8 Å². The third-order valence-corrected chi connectivity index (χ3v) is 14.7. The minimum Gasteiger partial charge on any atom is -0.354 e. The molecule has 4 nitrogen and oxygen atoms in total. The number of aryl methyl sites for hydroxylation is 9. The standard InChI is InChI=1S/C63H64N4Si2/c1-37-31-40(4)56(41(5)32-37)60-48-19-21-50(64-48)61(57-42(6)33-38(2)34-43(57)7)52-23-25-54(66-52)63(59-46(27-29-68(10,11)12)17-16-18-47(59)28-30-69(13,14)15)55-26-24-53(67-55)62(51-22-20-49(60)65-51)58-44(8)35-39(3)36-45(58)9/h16-26,31-36,64,67H,1-15H3. The van der Waals surface area contributed by atoms with Gasteiger partial charge in [0.15, 0.2) is 0 Å². The summed E-state index contributed by atoms with van der Waals surface area (Å²) in [6.45, 7) is 33.7. The molecule has 344 valence electrons. The van der Waals surface area contributed by atoms with Crippen LogP contribution in [0.2, 0.25) is 39.3 Å². The average molecular weight is 933 g/mol. The highest BCUT2D eigenvalue weighted by Crippen LogP contribution is 2.43. The molecular weight excluding hydrogens is 869 g/mol. The summed E-state index contributed by atoms with van der Waals surface area (Å²) >= 11 is 0. The Morgan fingerprint density at radius 1 is 0.348 bits per heavy atom. The van der Waals surface area contributed by atoms with Gasteiger partial charge in [0.2, 0.25) is 0 Å². The van der Waals surface area contributed by atoms with Crippen LogP contribution in [0, 0.1) is 85.2 Å². The fourth-order valence-corrected chi connectivity index (χ4v) is 11.5. The fraction of sp³-hybridized carbons (Fsp3) is 0.238. The topological polar surface area (TPSA) is 57.4 Å². The third kappa shape index (κ3) is 9.32. The second-order valence-electron chi connectivity index (χ2n) is 21.6. The SMILES string of the molecule is Cc1cc(C)c(-c2c3nc(c(-c4c(C)cc(C)cc4C)c4ccc([nH]4)c(-c4c(C#C[Si](C)(C)C)cccc4C#C[Si](C)(C)C)c4nc(c(-c5c(C)cc(C)cc5C)c5ccc2[nH]5)C=C4)C=C3)c(C)c1. The van der Waals surface area contributed by atoms with Crippen LogP contribution >= 0.6 is 0 Å². The molecule has 69 heavy (non-hydrogen) atoms. The molecule has 2 aliphatic rings. The van der Waals surface area contributed by atoms with Crippen LogP contribution in [0.5, 0.6) is 0 Å². The van der Waals surface area contributed by atoms with Gasteiger partial charge in [0.05, 0.1) is 22.8 Å². The first-order valence-corrected chi connectivity index (χ1v) is 31.2. The van der Waals surface area contributed by atoms with E-state index in [0.29, 0.717) is 0 Å². The number of nitrogens with one attached hydrogen (secondary N) is 2. The maximum atomic E-state index is 5.75. The molecule has 0 atom stereocenters. The zero-order valence-electron chi connectivity index (χ0n) is 43.2. The molecule has 0 spiro atoms. The highest BCUT2D eigenvalue weighted by atomic mass is 28.3. The second kappa shape index (κ2) is 17.8. The number of hydrogen-bond acceptors (Lipinski definition) is 2. The van der Waals surface area contributed by atoms with Crippen molar-refractivity contribution in [3.63, 3.8) is 0 Å². The predicted octanol–water partition coefficient (Wildman–Crippen LogP) is 16.6. The van der Waals surface area contributed by atoms with Gasteiger partial charge in [-0.3, -0.25) is 0 Å². The van der Waals surface area contributed by atoms with Crippen molar-refractivity contribution in [2.45, 2.75) is 102 Å². The molecule has 2 N–H and O–H groups in total. The minimum absolute atomic E-state index is 0.853. The zero-order valence-corrected chi connectivity index (χ0v) is 45.2. The molecule has 0 amide bonds. The Kier molecular flexibility index (Phi) is 12.2. The number of rotatable bonds is 4. The van der Waals surface area contributed by atoms with Crippen LogP contribution in [-0.2, 0) is 0 Å². The molecule has 4 aromatic carbocycles. The Morgan fingerprint density at radius 2 is 0.609 bits per heavy atom. The van der Waals surface area contributed by atoms with Crippen LogP contribution in [0.15, 0.2) is 78.9 Å². The van der Waals surface area contributed by atoms with E-state index in [1.54, 1.807) is 0 Å². The Balaban J connectivity index is 1.56.